The highest BCUT2D eigenvalue weighted by atomic mass is 32.2. The van der Waals surface area contributed by atoms with E-state index < -0.39 is 10.0 Å². The number of anilines is 1. The minimum atomic E-state index is -3.59. The van der Waals surface area contributed by atoms with Crippen LogP contribution >= 0.6 is 0 Å². The fourth-order valence-electron chi connectivity index (χ4n) is 2.98. The molecule has 0 aliphatic carbocycles. The van der Waals surface area contributed by atoms with Crippen molar-refractivity contribution in [1.29, 1.82) is 0 Å². The van der Waals surface area contributed by atoms with Crippen LogP contribution in [-0.4, -0.2) is 56.9 Å². The molecule has 1 N–H and O–H groups in total. The molecule has 0 atom stereocenters. The summed E-state index contributed by atoms with van der Waals surface area (Å²) in [5.41, 5.74) is 0.994. The molecule has 1 aliphatic heterocycles. The molecule has 1 aromatic carbocycles. The molecule has 27 heavy (non-hydrogen) atoms. The fraction of sp³-hybridized carbons (Fsp3) is 0.368. The number of sulfonamides is 1. The van der Waals surface area contributed by atoms with Gasteiger partial charge in [0.15, 0.2) is 0 Å². The van der Waals surface area contributed by atoms with Gasteiger partial charge in [-0.15, -0.1) is 0 Å². The van der Waals surface area contributed by atoms with E-state index in [9.17, 15) is 13.2 Å². The van der Waals surface area contributed by atoms with Crippen LogP contribution in [-0.2, 0) is 14.8 Å². The van der Waals surface area contributed by atoms with Crippen LogP contribution in [0.15, 0.2) is 53.6 Å². The monoisotopic (exact) mass is 388 g/mol. The SMILES string of the molecule is Cc1ccc(S(=O)(=O)NCCC(=O)N2CCN(c3ccccn3)CC2)cc1. The smallest absolute Gasteiger partial charge is 0.240 e. The lowest BCUT2D eigenvalue weighted by molar-refractivity contribution is -0.131. The number of aromatic nitrogens is 1. The van der Waals surface area contributed by atoms with Crippen molar-refractivity contribution in [2.24, 2.45) is 0 Å². The molecule has 2 heterocycles. The van der Waals surface area contributed by atoms with E-state index in [1.54, 1.807) is 35.4 Å². The highest BCUT2D eigenvalue weighted by Crippen LogP contribution is 2.13. The lowest BCUT2D eigenvalue weighted by atomic mass is 10.2. The maximum Gasteiger partial charge on any atom is 0.240 e. The van der Waals surface area contributed by atoms with Gasteiger partial charge in [-0.05, 0) is 31.2 Å². The van der Waals surface area contributed by atoms with Crippen LogP contribution in [0, 0.1) is 6.92 Å². The van der Waals surface area contributed by atoms with Gasteiger partial charge < -0.3 is 9.80 Å². The van der Waals surface area contributed by atoms with E-state index in [-0.39, 0.29) is 23.8 Å². The molecule has 0 saturated carbocycles. The lowest BCUT2D eigenvalue weighted by Crippen LogP contribution is -2.49. The molecule has 1 saturated heterocycles. The van der Waals surface area contributed by atoms with Gasteiger partial charge in [0, 0.05) is 45.3 Å². The van der Waals surface area contributed by atoms with Crippen molar-refractivity contribution in [2.75, 3.05) is 37.6 Å². The van der Waals surface area contributed by atoms with Crippen LogP contribution in [0.3, 0.4) is 0 Å². The molecule has 0 radical (unpaired) electrons. The Bertz CT molecular complexity index is 862. The summed E-state index contributed by atoms with van der Waals surface area (Å²) in [4.78, 5) is 20.8. The number of carbonyl (C=O) groups excluding carboxylic acids is 1. The summed E-state index contributed by atoms with van der Waals surface area (Å²) in [6.07, 6.45) is 1.90. The summed E-state index contributed by atoms with van der Waals surface area (Å²) >= 11 is 0. The third-order valence-corrected chi connectivity index (χ3v) is 6.04. The number of pyridine rings is 1. The second kappa shape index (κ2) is 8.49. The third kappa shape index (κ3) is 5.05. The quantitative estimate of drug-likeness (QED) is 0.809. The number of carbonyl (C=O) groups is 1. The van der Waals surface area contributed by atoms with Gasteiger partial charge in [0.1, 0.15) is 5.82 Å². The maximum absolute atomic E-state index is 12.4. The summed E-state index contributed by atoms with van der Waals surface area (Å²) in [7, 11) is -3.59. The van der Waals surface area contributed by atoms with Crippen molar-refractivity contribution in [3.8, 4) is 0 Å². The number of benzene rings is 1. The molecule has 144 valence electrons. The molecule has 1 amide bonds. The van der Waals surface area contributed by atoms with Crippen molar-refractivity contribution in [3.05, 3.63) is 54.2 Å². The van der Waals surface area contributed by atoms with Gasteiger partial charge in [-0.3, -0.25) is 4.79 Å². The summed E-state index contributed by atoms with van der Waals surface area (Å²) in [5.74, 6) is 0.873. The Hall–Kier alpha value is -2.45. The third-order valence-electron chi connectivity index (χ3n) is 4.57. The summed E-state index contributed by atoms with van der Waals surface area (Å²) in [5, 5.41) is 0. The molecule has 0 spiro atoms. The Morgan fingerprint density at radius 3 is 2.41 bits per heavy atom. The highest BCUT2D eigenvalue weighted by molar-refractivity contribution is 7.89. The molecule has 0 bridgehead atoms. The zero-order chi connectivity index (χ0) is 19.3. The topological polar surface area (TPSA) is 82.6 Å². The molecule has 1 aromatic heterocycles. The van der Waals surface area contributed by atoms with Crippen molar-refractivity contribution >= 4 is 21.7 Å². The molecule has 1 aliphatic rings. The van der Waals surface area contributed by atoms with E-state index in [1.165, 1.54) is 0 Å². The summed E-state index contributed by atoms with van der Waals surface area (Å²) in [6.45, 7) is 4.65. The van der Waals surface area contributed by atoms with Crippen LogP contribution in [0.2, 0.25) is 0 Å². The van der Waals surface area contributed by atoms with Crippen LogP contribution in [0.1, 0.15) is 12.0 Å². The first kappa shape index (κ1) is 19.3. The first-order valence-electron chi connectivity index (χ1n) is 8.96. The number of rotatable bonds is 6. The highest BCUT2D eigenvalue weighted by Gasteiger charge is 2.22. The standard InChI is InChI=1S/C19H24N4O3S/c1-16-5-7-17(8-6-16)27(25,26)21-11-9-19(24)23-14-12-22(13-15-23)18-4-2-3-10-20-18/h2-8,10,21H,9,11-15H2,1H3. The van der Waals surface area contributed by atoms with Gasteiger partial charge >= 0.3 is 0 Å². The first-order valence-corrected chi connectivity index (χ1v) is 10.4. The fourth-order valence-corrected chi connectivity index (χ4v) is 4.01. The number of piperazine rings is 1. The first-order chi connectivity index (χ1) is 13.0. The molecule has 3 rings (SSSR count). The number of hydrogen-bond donors (Lipinski definition) is 1. The lowest BCUT2D eigenvalue weighted by Gasteiger charge is -2.35. The number of nitrogens with zero attached hydrogens (tertiary/aromatic N) is 3. The average Bonchev–Trinajstić information content (AvgIpc) is 2.69. The number of amides is 1. The Balaban J connectivity index is 1.45. The van der Waals surface area contributed by atoms with Gasteiger partial charge in [0.25, 0.3) is 0 Å². The van der Waals surface area contributed by atoms with Crippen molar-refractivity contribution in [1.82, 2.24) is 14.6 Å². The zero-order valence-electron chi connectivity index (χ0n) is 15.3. The Kier molecular flexibility index (Phi) is 6.08. The number of hydrogen-bond acceptors (Lipinski definition) is 5. The van der Waals surface area contributed by atoms with Crippen molar-refractivity contribution < 1.29 is 13.2 Å². The Morgan fingerprint density at radius 1 is 1.07 bits per heavy atom. The second-order valence-electron chi connectivity index (χ2n) is 6.52. The van der Waals surface area contributed by atoms with Gasteiger partial charge in [-0.25, -0.2) is 18.1 Å². The predicted molar refractivity (Wildman–Crippen MR) is 104 cm³/mol. The van der Waals surface area contributed by atoms with E-state index in [0.717, 1.165) is 24.5 Å². The summed E-state index contributed by atoms with van der Waals surface area (Å²) < 4.78 is 27.0. The van der Waals surface area contributed by atoms with Crippen LogP contribution < -0.4 is 9.62 Å². The predicted octanol–water partition coefficient (Wildman–Crippen LogP) is 1.41. The van der Waals surface area contributed by atoms with E-state index in [1.807, 2.05) is 25.1 Å². The summed E-state index contributed by atoms with van der Waals surface area (Å²) in [6, 6.07) is 12.4. The Morgan fingerprint density at radius 2 is 1.78 bits per heavy atom. The minimum absolute atomic E-state index is 0.0396. The molecular weight excluding hydrogens is 364 g/mol. The van der Waals surface area contributed by atoms with E-state index >= 15 is 0 Å². The molecule has 2 aromatic rings. The molecule has 8 heteroatoms. The van der Waals surface area contributed by atoms with Gasteiger partial charge in [-0.1, -0.05) is 23.8 Å². The number of nitrogens with one attached hydrogen (secondary N) is 1. The van der Waals surface area contributed by atoms with Crippen LogP contribution in [0.25, 0.3) is 0 Å². The van der Waals surface area contributed by atoms with Gasteiger partial charge in [0.05, 0.1) is 4.90 Å². The maximum atomic E-state index is 12.4. The largest absolute Gasteiger partial charge is 0.353 e. The van der Waals surface area contributed by atoms with Gasteiger partial charge in [0.2, 0.25) is 15.9 Å². The molecule has 0 unspecified atom stereocenters. The van der Waals surface area contributed by atoms with E-state index in [4.69, 9.17) is 0 Å². The van der Waals surface area contributed by atoms with Crippen molar-refractivity contribution in [3.63, 3.8) is 0 Å². The average molecular weight is 388 g/mol. The number of aryl methyl sites for hydroxylation is 1. The molecule has 1 fully saturated rings. The van der Waals surface area contributed by atoms with Gasteiger partial charge in [-0.2, -0.15) is 0 Å². The molecular formula is C19H24N4O3S. The van der Waals surface area contributed by atoms with Crippen LogP contribution in [0.5, 0.6) is 0 Å². The minimum Gasteiger partial charge on any atom is -0.353 e. The second-order valence-corrected chi connectivity index (χ2v) is 8.28. The normalized spacial score (nSPS) is 15.0. The van der Waals surface area contributed by atoms with E-state index in [2.05, 4.69) is 14.6 Å². The Labute approximate surface area is 160 Å². The van der Waals surface area contributed by atoms with Crippen molar-refractivity contribution in [2.45, 2.75) is 18.2 Å². The molecule has 7 nitrogen and oxygen atoms in total. The van der Waals surface area contributed by atoms with E-state index in [0.29, 0.717) is 13.1 Å². The zero-order valence-corrected chi connectivity index (χ0v) is 16.2. The van der Waals surface area contributed by atoms with Crippen LogP contribution in [0.4, 0.5) is 5.82 Å².